The van der Waals surface area contributed by atoms with Gasteiger partial charge >= 0.3 is 6.09 Å². The molecule has 0 aliphatic heterocycles. The minimum absolute atomic E-state index is 0.261. The van der Waals surface area contributed by atoms with Crippen LogP contribution < -0.4 is 20.9 Å². The van der Waals surface area contributed by atoms with E-state index in [1.165, 1.54) is 0 Å². The molecule has 0 fully saturated rings. The van der Waals surface area contributed by atoms with Crippen LogP contribution in [0.3, 0.4) is 0 Å². The maximum absolute atomic E-state index is 12.6. The molecule has 2 aromatic rings. The molecule has 0 saturated heterocycles. The van der Waals surface area contributed by atoms with Crippen LogP contribution in [0.15, 0.2) is 48.5 Å². The zero-order valence-electron chi connectivity index (χ0n) is 17.9. The molecule has 0 radical (unpaired) electrons. The molecule has 0 heterocycles. The number of carbonyl (C=O) groups excluding carboxylic acids is 3. The number of alkyl carbamates (subject to hydrolysis) is 1. The molecule has 0 aromatic heterocycles. The monoisotopic (exact) mass is 412 g/mol. The Morgan fingerprint density at radius 3 is 2.00 bits per heavy atom. The summed E-state index contributed by atoms with van der Waals surface area (Å²) in [5, 5.41) is 7.87. The van der Waals surface area contributed by atoms with E-state index < -0.39 is 17.6 Å². The molecule has 0 atom stereocenters. The van der Waals surface area contributed by atoms with E-state index in [9.17, 15) is 14.4 Å². The van der Waals surface area contributed by atoms with Gasteiger partial charge in [0.1, 0.15) is 12.1 Å². The van der Waals surface area contributed by atoms with Crippen molar-refractivity contribution in [1.29, 1.82) is 0 Å². The number of hydrogen-bond donors (Lipinski definition) is 3. The molecule has 3 amide bonds. The minimum atomic E-state index is -0.680. The molecule has 0 bridgehead atoms. The van der Waals surface area contributed by atoms with Crippen molar-refractivity contribution in [3.8, 4) is 0 Å². The molecule has 8 nitrogen and oxygen atoms in total. The Balaban J connectivity index is 1.99. The van der Waals surface area contributed by atoms with Gasteiger partial charge in [-0.05, 0) is 57.2 Å². The first-order chi connectivity index (χ1) is 14.0. The van der Waals surface area contributed by atoms with Gasteiger partial charge in [-0.3, -0.25) is 9.59 Å². The van der Waals surface area contributed by atoms with Crippen LogP contribution in [0, 0.1) is 0 Å². The smallest absolute Gasteiger partial charge is 0.408 e. The Hall–Kier alpha value is -3.55. The third-order valence-electron chi connectivity index (χ3n) is 3.89. The van der Waals surface area contributed by atoms with E-state index in [0.717, 1.165) is 5.69 Å². The van der Waals surface area contributed by atoms with Crippen molar-refractivity contribution in [1.82, 2.24) is 5.32 Å². The third-order valence-corrected chi connectivity index (χ3v) is 3.89. The van der Waals surface area contributed by atoms with Gasteiger partial charge in [-0.1, -0.05) is 12.1 Å². The first-order valence-corrected chi connectivity index (χ1v) is 9.49. The Labute approximate surface area is 176 Å². The summed E-state index contributed by atoms with van der Waals surface area (Å²) in [4.78, 5) is 38.4. The molecule has 2 aromatic carbocycles. The number of nitrogens with one attached hydrogen (secondary N) is 3. The second-order valence-corrected chi connectivity index (χ2v) is 7.84. The quantitative estimate of drug-likeness (QED) is 0.675. The Bertz CT molecular complexity index is 902. The summed E-state index contributed by atoms with van der Waals surface area (Å²) in [6.45, 7) is 4.95. The molecule has 160 valence electrons. The Morgan fingerprint density at radius 2 is 1.47 bits per heavy atom. The molecule has 0 aliphatic rings. The van der Waals surface area contributed by atoms with Crippen molar-refractivity contribution >= 4 is 35.0 Å². The lowest BCUT2D eigenvalue weighted by molar-refractivity contribution is -0.115. The maximum Gasteiger partial charge on any atom is 0.408 e. The van der Waals surface area contributed by atoms with Gasteiger partial charge in [0.15, 0.2) is 0 Å². The summed E-state index contributed by atoms with van der Waals surface area (Å²) < 4.78 is 5.10. The van der Waals surface area contributed by atoms with Gasteiger partial charge in [0.2, 0.25) is 5.91 Å². The van der Waals surface area contributed by atoms with Gasteiger partial charge in [0, 0.05) is 25.3 Å². The zero-order chi connectivity index (χ0) is 22.3. The average molecular weight is 412 g/mol. The van der Waals surface area contributed by atoms with Crippen LogP contribution in [-0.2, 0) is 9.53 Å². The number of amides is 3. The molecular formula is C22H28N4O4. The van der Waals surface area contributed by atoms with Crippen molar-refractivity contribution in [2.45, 2.75) is 26.4 Å². The van der Waals surface area contributed by atoms with Gasteiger partial charge in [-0.2, -0.15) is 0 Å². The predicted octanol–water partition coefficient (Wildman–Crippen LogP) is 3.47. The van der Waals surface area contributed by atoms with Crippen molar-refractivity contribution in [2.24, 2.45) is 0 Å². The summed E-state index contributed by atoms with van der Waals surface area (Å²) in [6.07, 6.45) is -0.680. The van der Waals surface area contributed by atoms with Crippen LogP contribution in [0.4, 0.5) is 21.9 Å². The molecule has 0 spiro atoms. The lowest BCUT2D eigenvalue weighted by atomic mass is 10.1. The summed E-state index contributed by atoms with van der Waals surface area (Å²) in [7, 11) is 3.84. The average Bonchev–Trinajstić information content (AvgIpc) is 2.66. The number of ether oxygens (including phenoxy) is 1. The molecule has 0 saturated carbocycles. The maximum atomic E-state index is 12.6. The highest BCUT2D eigenvalue weighted by Gasteiger charge is 2.17. The van der Waals surface area contributed by atoms with Crippen LogP contribution >= 0.6 is 0 Å². The SMILES string of the molecule is CN(C)c1ccc(C(=O)Nc2ccccc2NC(=O)CNC(=O)OC(C)(C)C)cc1. The number of hydrogen-bond acceptors (Lipinski definition) is 5. The van der Waals surface area contributed by atoms with Gasteiger partial charge in [-0.25, -0.2) is 4.79 Å². The number of carbonyl (C=O) groups is 3. The van der Waals surface area contributed by atoms with Crippen LogP contribution in [0.25, 0.3) is 0 Å². The zero-order valence-corrected chi connectivity index (χ0v) is 17.9. The van der Waals surface area contributed by atoms with Gasteiger partial charge in [0.05, 0.1) is 11.4 Å². The van der Waals surface area contributed by atoms with Crippen molar-refractivity contribution < 1.29 is 19.1 Å². The van der Waals surface area contributed by atoms with Crippen molar-refractivity contribution in [3.63, 3.8) is 0 Å². The van der Waals surface area contributed by atoms with E-state index in [1.54, 1.807) is 57.2 Å². The largest absolute Gasteiger partial charge is 0.444 e. The topological polar surface area (TPSA) is 99.8 Å². The fourth-order valence-corrected chi connectivity index (χ4v) is 2.47. The third kappa shape index (κ3) is 7.12. The standard InChI is InChI=1S/C22H28N4O4/c1-22(2,3)30-21(29)23-14-19(27)24-17-8-6-7-9-18(17)25-20(28)15-10-12-16(13-11-15)26(4)5/h6-13H,14H2,1-5H3,(H,23,29)(H,24,27)(H,25,28). The second-order valence-electron chi connectivity index (χ2n) is 7.84. The lowest BCUT2D eigenvalue weighted by Crippen LogP contribution is -2.37. The van der Waals surface area contributed by atoms with Gasteiger partial charge < -0.3 is 25.6 Å². The molecule has 0 aliphatic carbocycles. The first kappa shape index (κ1) is 22.7. The second kappa shape index (κ2) is 9.78. The van der Waals surface area contributed by atoms with E-state index in [0.29, 0.717) is 16.9 Å². The number of rotatable bonds is 6. The van der Waals surface area contributed by atoms with Crippen molar-refractivity contribution in [3.05, 3.63) is 54.1 Å². The van der Waals surface area contributed by atoms with Crippen LogP contribution in [0.1, 0.15) is 31.1 Å². The lowest BCUT2D eigenvalue weighted by Gasteiger charge is -2.19. The van der Waals surface area contributed by atoms with E-state index >= 15 is 0 Å². The highest BCUT2D eigenvalue weighted by Crippen LogP contribution is 2.22. The summed E-state index contributed by atoms with van der Waals surface area (Å²) >= 11 is 0. The molecule has 8 heteroatoms. The van der Waals surface area contributed by atoms with Crippen molar-refractivity contribution in [2.75, 3.05) is 36.2 Å². The van der Waals surface area contributed by atoms with Gasteiger partial charge in [-0.15, -0.1) is 0 Å². The van der Waals surface area contributed by atoms with Gasteiger partial charge in [0.25, 0.3) is 5.91 Å². The summed E-state index contributed by atoms with van der Waals surface area (Å²) in [5.74, 6) is -0.744. The Morgan fingerprint density at radius 1 is 0.900 bits per heavy atom. The van der Waals surface area contributed by atoms with E-state index in [4.69, 9.17) is 4.74 Å². The number of benzene rings is 2. The highest BCUT2D eigenvalue weighted by atomic mass is 16.6. The first-order valence-electron chi connectivity index (χ1n) is 9.49. The molecule has 30 heavy (non-hydrogen) atoms. The molecule has 0 unspecified atom stereocenters. The summed E-state index contributed by atoms with van der Waals surface area (Å²) in [5.41, 5.74) is 1.70. The number of nitrogens with zero attached hydrogens (tertiary/aromatic N) is 1. The normalized spacial score (nSPS) is 10.7. The Kier molecular flexibility index (Phi) is 7.41. The van der Waals surface area contributed by atoms with Crippen LogP contribution in [0.5, 0.6) is 0 Å². The minimum Gasteiger partial charge on any atom is -0.444 e. The highest BCUT2D eigenvalue weighted by molar-refractivity contribution is 6.07. The fourth-order valence-electron chi connectivity index (χ4n) is 2.47. The van der Waals surface area contributed by atoms with Crippen LogP contribution in [0.2, 0.25) is 0 Å². The number of para-hydroxylation sites is 2. The van der Waals surface area contributed by atoms with E-state index in [1.807, 2.05) is 31.1 Å². The molecular weight excluding hydrogens is 384 g/mol. The van der Waals surface area contributed by atoms with E-state index in [-0.39, 0.29) is 12.5 Å². The predicted molar refractivity (Wildman–Crippen MR) is 118 cm³/mol. The fraction of sp³-hybridized carbons (Fsp3) is 0.318. The molecule has 2 rings (SSSR count). The molecule has 3 N–H and O–H groups in total. The number of anilines is 3. The van der Waals surface area contributed by atoms with E-state index in [2.05, 4.69) is 16.0 Å². The van der Waals surface area contributed by atoms with Crippen LogP contribution in [-0.4, -0.2) is 44.1 Å². The summed E-state index contributed by atoms with van der Waals surface area (Å²) in [6, 6.07) is 14.0.